The van der Waals surface area contributed by atoms with Gasteiger partial charge in [0.15, 0.2) is 0 Å². The molecule has 0 radical (unpaired) electrons. The highest BCUT2D eigenvalue weighted by atomic mass is 35.5. The van der Waals surface area contributed by atoms with Crippen LogP contribution in [0.25, 0.3) is 0 Å². The van der Waals surface area contributed by atoms with Crippen molar-refractivity contribution in [3.63, 3.8) is 0 Å². The SMILES string of the molecule is Cc1cc(/C=N\NC(=O)c2ccc(Cl)cc2)c(C)n1Cc1ccccc1. The highest BCUT2D eigenvalue weighted by molar-refractivity contribution is 6.30. The summed E-state index contributed by atoms with van der Waals surface area (Å²) in [5, 5.41) is 4.69. The molecule has 132 valence electrons. The van der Waals surface area contributed by atoms with E-state index in [9.17, 15) is 4.79 Å². The second-order valence-corrected chi connectivity index (χ2v) is 6.54. The van der Waals surface area contributed by atoms with Gasteiger partial charge in [-0.2, -0.15) is 5.10 Å². The van der Waals surface area contributed by atoms with E-state index in [1.807, 2.05) is 18.2 Å². The van der Waals surface area contributed by atoms with E-state index < -0.39 is 0 Å². The molecule has 26 heavy (non-hydrogen) atoms. The van der Waals surface area contributed by atoms with Gasteiger partial charge in [0.1, 0.15) is 0 Å². The number of nitrogens with one attached hydrogen (secondary N) is 1. The van der Waals surface area contributed by atoms with Crippen molar-refractivity contribution in [1.29, 1.82) is 0 Å². The normalized spacial score (nSPS) is 11.0. The van der Waals surface area contributed by atoms with Gasteiger partial charge in [-0.1, -0.05) is 41.9 Å². The molecule has 0 spiro atoms. The van der Waals surface area contributed by atoms with Crippen molar-refractivity contribution in [1.82, 2.24) is 9.99 Å². The number of carbonyl (C=O) groups is 1. The number of hydrogen-bond acceptors (Lipinski definition) is 2. The summed E-state index contributed by atoms with van der Waals surface area (Å²) < 4.78 is 2.23. The Labute approximate surface area is 158 Å². The number of amides is 1. The minimum atomic E-state index is -0.268. The highest BCUT2D eigenvalue weighted by Crippen LogP contribution is 2.16. The van der Waals surface area contributed by atoms with Gasteiger partial charge in [0, 0.05) is 34.1 Å². The molecule has 3 aromatic rings. The second-order valence-electron chi connectivity index (χ2n) is 6.10. The molecule has 3 rings (SSSR count). The number of benzene rings is 2. The Morgan fingerprint density at radius 2 is 1.81 bits per heavy atom. The Morgan fingerprint density at radius 1 is 1.12 bits per heavy atom. The van der Waals surface area contributed by atoms with Crippen LogP contribution in [0.5, 0.6) is 0 Å². The molecule has 0 saturated carbocycles. The van der Waals surface area contributed by atoms with Crippen LogP contribution in [0.1, 0.15) is 32.9 Å². The fourth-order valence-corrected chi connectivity index (χ4v) is 2.92. The summed E-state index contributed by atoms with van der Waals surface area (Å²) in [5.41, 5.74) is 7.55. The maximum Gasteiger partial charge on any atom is 0.271 e. The van der Waals surface area contributed by atoms with Crippen LogP contribution >= 0.6 is 11.6 Å². The first-order chi connectivity index (χ1) is 12.5. The van der Waals surface area contributed by atoms with Crippen LogP contribution in [0.3, 0.4) is 0 Å². The van der Waals surface area contributed by atoms with Gasteiger partial charge in [-0.3, -0.25) is 4.79 Å². The summed E-state index contributed by atoms with van der Waals surface area (Å²) in [6.07, 6.45) is 1.68. The summed E-state index contributed by atoms with van der Waals surface area (Å²) in [6, 6.07) is 19.1. The number of hydrogen-bond donors (Lipinski definition) is 1. The number of aromatic nitrogens is 1. The first kappa shape index (κ1) is 18.0. The molecular weight excluding hydrogens is 346 g/mol. The number of nitrogens with zero attached hydrogens (tertiary/aromatic N) is 2. The molecule has 5 heteroatoms. The average molecular weight is 366 g/mol. The van der Waals surface area contributed by atoms with Crippen molar-refractivity contribution in [2.45, 2.75) is 20.4 Å². The maximum atomic E-state index is 12.1. The molecule has 0 unspecified atom stereocenters. The Morgan fingerprint density at radius 3 is 2.50 bits per heavy atom. The van der Waals surface area contributed by atoms with Gasteiger partial charge < -0.3 is 4.57 Å². The molecule has 4 nitrogen and oxygen atoms in total. The molecule has 0 bridgehead atoms. The van der Waals surface area contributed by atoms with Gasteiger partial charge in [-0.15, -0.1) is 0 Å². The van der Waals surface area contributed by atoms with E-state index in [0.29, 0.717) is 10.6 Å². The van der Waals surface area contributed by atoms with E-state index in [4.69, 9.17) is 11.6 Å². The number of halogens is 1. The van der Waals surface area contributed by atoms with E-state index in [1.54, 1.807) is 30.5 Å². The van der Waals surface area contributed by atoms with Crippen molar-refractivity contribution < 1.29 is 4.79 Å². The lowest BCUT2D eigenvalue weighted by Gasteiger charge is -2.09. The molecule has 0 aliphatic carbocycles. The van der Waals surface area contributed by atoms with E-state index in [2.05, 4.69) is 47.1 Å². The lowest BCUT2D eigenvalue weighted by atomic mass is 10.2. The molecule has 0 fully saturated rings. The predicted octanol–water partition coefficient (Wildman–Crippen LogP) is 4.57. The van der Waals surface area contributed by atoms with Gasteiger partial charge in [-0.25, -0.2) is 5.43 Å². The molecule has 0 aliphatic heterocycles. The number of carbonyl (C=O) groups excluding carboxylic acids is 1. The molecule has 0 saturated heterocycles. The first-order valence-electron chi connectivity index (χ1n) is 8.34. The minimum absolute atomic E-state index is 0.268. The van der Waals surface area contributed by atoms with Crippen LogP contribution in [0.15, 0.2) is 65.8 Å². The van der Waals surface area contributed by atoms with E-state index >= 15 is 0 Å². The molecular formula is C21H20ClN3O. The standard InChI is InChI=1S/C21H20ClN3O/c1-15-12-19(16(2)25(15)14-17-6-4-3-5-7-17)13-23-24-21(26)18-8-10-20(22)11-9-18/h3-13H,14H2,1-2H3,(H,24,26)/b23-13-. The summed E-state index contributed by atoms with van der Waals surface area (Å²) in [5.74, 6) is -0.268. The fourth-order valence-electron chi connectivity index (χ4n) is 2.79. The van der Waals surface area contributed by atoms with E-state index in [1.165, 1.54) is 5.56 Å². The lowest BCUT2D eigenvalue weighted by Crippen LogP contribution is -2.17. The Hall–Kier alpha value is -2.85. The van der Waals surface area contributed by atoms with Crippen molar-refractivity contribution >= 4 is 23.7 Å². The zero-order valence-electron chi connectivity index (χ0n) is 14.7. The second kappa shape index (κ2) is 8.02. The molecule has 1 aromatic heterocycles. The first-order valence-corrected chi connectivity index (χ1v) is 8.72. The van der Waals surface area contributed by atoms with Crippen LogP contribution in [-0.2, 0) is 6.54 Å². The molecule has 1 N–H and O–H groups in total. The molecule has 2 aromatic carbocycles. The van der Waals surface area contributed by atoms with Crippen LogP contribution < -0.4 is 5.43 Å². The Bertz CT molecular complexity index is 928. The Balaban J connectivity index is 1.70. The van der Waals surface area contributed by atoms with Crippen LogP contribution in [0.4, 0.5) is 0 Å². The van der Waals surface area contributed by atoms with Crippen LogP contribution in [0.2, 0.25) is 5.02 Å². The monoisotopic (exact) mass is 365 g/mol. The van der Waals surface area contributed by atoms with Gasteiger partial charge in [-0.05, 0) is 49.7 Å². The quantitative estimate of drug-likeness (QED) is 0.522. The topological polar surface area (TPSA) is 46.4 Å². The molecule has 0 aliphatic rings. The summed E-state index contributed by atoms with van der Waals surface area (Å²) in [6.45, 7) is 4.93. The van der Waals surface area contributed by atoms with Crippen LogP contribution in [-0.4, -0.2) is 16.7 Å². The predicted molar refractivity (Wildman–Crippen MR) is 106 cm³/mol. The van der Waals surface area contributed by atoms with Gasteiger partial charge >= 0.3 is 0 Å². The average Bonchev–Trinajstić information content (AvgIpc) is 2.91. The van der Waals surface area contributed by atoms with Gasteiger partial charge in [0.05, 0.1) is 6.21 Å². The smallest absolute Gasteiger partial charge is 0.271 e. The summed E-state index contributed by atoms with van der Waals surface area (Å²) >= 11 is 5.83. The third kappa shape index (κ3) is 4.21. The minimum Gasteiger partial charge on any atom is -0.344 e. The van der Waals surface area contributed by atoms with Gasteiger partial charge in [0.25, 0.3) is 5.91 Å². The zero-order valence-corrected chi connectivity index (χ0v) is 15.5. The van der Waals surface area contributed by atoms with E-state index in [-0.39, 0.29) is 5.91 Å². The Kier molecular flexibility index (Phi) is 5.54. The maximum absolute atomic E-state index is 12.1. The third-order valence-electron chi connectivity index (χ3n) is 4.27. The third-order valence-corrected chi connectivity index (χ3v) is 4.52. The van der Waals surface area contributed by atoms with Crippen molar-refractivity contribution in [2.75, 3.05) is 0 Å². The number of aryl methyl sites for hydroxylation is 1. The fraction of sp³-hybridized carbons (Fsp3) is 0.143. The summed E-state index contributed by atoms with van der Waals surface area (Å²) in [7, 11) is 0. The largest absolute Gasteiger partial charge is 0.344 e. The highest BCUT2D eigenvalue weighted by Gasteiger charge is 2.08. The van der Waals surface area contributed by atoms with Crippen LogP contribution in [0, 0.1) is 13.8 Å². The molecule has 0 atom stereocenters. The number of rotatable bonds is 5. The molecule has 1 heterocycles. The zero-order chi connectivity index (χ0) is 18.5. The van der Waals surface area contributed by atoms with Gasteiger partial charge in [0.2, 0.25) is 0 Å². The summed E-state index contributed by atoms with van der Waals surface area (Å²) in [4.78, 5) is 12.1. The van der Waals surface area contributed by atoms with Crippen molar-refractivity contribution in [3.05, 3.63) is 93.8 Å². The molecule has 1 amide bonds. The van der Waals surface area contributed by atoms with E-state index in [0.717, 1.165) is 23.5 Å². The lowest BCUT2D eigenvalue weighted by molar-refractivity contribution is 0.0955. The van der Waals surface area contributed by atoms with Crippen molar-refractivity contribution in [3.8, 4) is 0 Å². The number of hydrazone groups is 1. The van der Waals surface area contributed by atoms with Crippen molar-refractivity contribution in [2.24, 2.45) is 5.10 Å².